The van der Waals surface area contributed by atoms with Crippen LogP contribution in [-0.4, -0.2) is 57.6 Å². The summed E-state index contributed by atoms with van der Waals surface area (Å²) in [5.41, 5.74) is 5.63. The second kappa shape index (κ2) is 10.0. The molecule has 0 radical (unpaired) electrons. The number of nitro groups is 1. The summed E-state index contributed by atoms with van der Waals surface area (Å²) in [5.74, 6) is 0.174. The minimum Gasteiger partial charge on any atom is -0.474 e. The van der Waals surface area contributed by atoms with Crippen molar-refractivity contribution < 1.29 is 14.8 Å². The highest BCUT2D eigenvalue weighted by molar-refractivity contribution is 6.33. The zero-order valence-corrected chi connectivity index (χ0v) is 17.9. The van der Waals surface area contributed by atoms with Crippen molar-refractivity contribution in [3.8, 4) is 0 Å². The van der Waals surface area contributed by atoms with E-state index in [9.17, 15) is 15.2 Å². The van der Waals surface area contributed by atoms with E-state index in [-0.39, 0.29) is 41.3 Å². The van der Waals surface area contributed by atoms with E-state index in [1.54, 1.807) is 7.05 Å². The summed E-state index contributed by atoms with van der Waals surface area (Å²) in [4.78, 5) is 24.8. The molecule has 0 unspecified atom stereocenters. The SMILES string of the molecule is CC(=NC1CC(O)C1)C(=C(N)OCC[C@@H](C)N(C)c1nc(Cl)ncc1Cl)[N+](=O)[O-]. The van der Waals surface area contributed by atoms with Crippen LogP contribution in [0.15, 0.2) is 22.8 Å². The quantitative estimate of drug-likeness (QED) is 0.193. The van der Waals surface area contributed by atoms with Crippen molar-refractivity contribution in [2.45, 2.75) is 51.3 Å². The van der Waals surface area contributed by atoms with E-state index in [2.05, 4.69) is 15.0 Å². The number of hydrogen-bond acceptors (Lipinski definition) is 9. The molecule has 0 spiro atoms. The molecule has 10 nitrogen and oxygen atoms in total. The molecule has 1 aromatic heterocycles. The van der Waals surface area contributed by atoms with Gasteiger partial charge in [-0.25, -0.2) is 4.98 Å². The summed E-state index contributed by atoms with van der Waals surface area (Å²) in [5, 5.41) is 21.2. The van der Waals surface area contributed by atoms with Gasteiger partial charge in [-0.05, 0) is 38.3 Å². The van der Waals surface area contributed by atoms with Gasteiger partial charge < -0.3 is 20.5 Å². The Labute approximate surface area is 178 Å². The number of nitrogens with two attached hydrogens (primary N) is 1. The Morgan fingerprint density at radius 3 is 2.79 bits per heavy atom. The smallest absolute Gasteiger partial charge is 0.348 e. The van der Waals surface area contributed by atoms with Gasteiger partial charge in [-0.15, -0.1) is 0 Å². The Kier molecular flexibility index (Phi) is 8.00. The fourth-order valence-electron chi connectivity index (χ4n) is 2.79. The van der Waals surface area contributed by atoms with Crippen LogP contribution in [0.1, 0.15) is 33.1 Å². The Hall–Kier alpha value is -2.17. The lowest BCUT2D eigenvalue weighted by Gasteiger charge is -2.28. The molecule has 1 saturated carbocycles. The largest absolute Gasteiger partial charge is 0.474 e. The molecule has 1 fully saturated rings. The number of halogens is 2. The van der Waals surface area contributed by atoms with Crippen LogP contribution in [0.25, 0.3) is 0 Å². The number of aliphatic hydroxyl groups excluding tert-OH is 1. The van der Waals surface area contributed by atoms with Crippen LogP contribution in [-0.2, 0) is 4.74 Å². The van der Waals surface area contributed by atoms with E-state index in [1.807, 2.05) is 11.8 Å². The van der Waals surface area contributed by atoms with Gasteiger partial charge in [0.15, 0.2) is 5.82 Å². The van der Waals surface area contributed by atoms with Crippen LogP contribution in [0.5, 0.6) is 0 Å². The number of allylic oxidation sites excluding steroid dienone is 1. The molecule has 0 saturated heterocycles. The predicted octanol–water partition coefficient (Wildman–Crippen LogP) is 2.40. The number of nitrogens with zero attached hydrogens (tertiary/aromatic N) is 5. The maximum absolute atomic E-state index is 11.4. The Balaban J connectivity index is 1.99. The van der Waals surface area contributed by atoms with Gasteiger partial charge in [-0.1, -0.05) is 11.6 Å². The summed E-state index contributed by atoms with van der Waals surface area (Å²) in [6.45, 7) is 3.56. The van der Waals surface area contributed by atoms with Crippen molar-refractivity contribution in [1.29, 1.82) is 0 Å². The first kappa shape index (κ1) is 23.1. The molecule has 1 aromatic rings. The normalized spacial score (nSPS) is 21.1. The zero-order chi connectivity index (χ0) is 21.7. The molecule has 160 valence electrons. The molecule has 0 bridgehead atoms. The minimum absolute atomic E-state index is 0.0726. The average Bonchev–Trinajstić information content (AvgIpc) is 2.61. The van der Waals surface area contributed by atoms with Gasteiger partial charge in [0.1, 0.15) is 10.7 Å². The van der Waals surface area contributed by atoms with E-state index < -0.39 is 11.0 Å². The number of ether oxygens (including phenoxy) is 1. The van der Waals surface area contributed by atoms with E-state index in [0.717, 1.165) is 0 Å². The lowest BCUT2D eigenvalue weighted by Crippen LogP contribution is -2.33. The monoisotopic (exact) mass is 446 g/mol. The van der Waals surface area contributed by atoms with Gasteiger partial charge >= 0.3 is 5.70 Å². The fraction of sp³-hybridized carbons (Fsp3) is 0.588. The molecule has 1 aliphatic carbocycles. The topological polar surface area (TPSA) is 140 Å². The van der Waals surface area contributed by atoms with Crippen LogP contribution in [0.3, 0.4) is 0 Å². The van der Waals surface area contributed by atoms with E-state index in [1.165, 1.54) is 13.1 Å². The van der Waals surface area contributed by atoms with Gasteiger partial charge in [0.2, 0.25) is 5.28 Å². The first-order valence-electron chi connectivity index (χ1n) is 9.00. The number of hydrogen-bond donors (Lipinski definition) is 2. The molecule has 12 heteroatoms. The van der Waals surface area contributed by atoms with E-state index >= 15 is 0 Å². The fourth-order valence-corrected chi connectivity index (χ4v) is 3.15. The maximum atomic E-state index is 11.4. The van der Waals surface area contributed by atoms with Crippen LogP contribution in [0, 0.1) is 10.1 Å². The van der Waals surface area contributed by atoms with Crippen molar-refractivity contribution in [2.75, 3.05) is 18.6 Å². The van der Waals surface area contributed by atoms with Crippen molar-refractivity contribution in [1.82, 2.24) is 9.97 Å². The summed E-state index contributed by atoms with van der Waals surface area (Å²) < 4.78 is 5.42. The van der Waals surface area contributed by atoms with Crippen molar-refractivity contribution in [3.63, 3.8) is 0 Å². The number of aliphatic hydroxyl groups is 1. The molecule has 1 heterocycles. The van der Waals surface area contributed by atoms with E-state index in [4.69, 9.17) is 33.7 Å². The summed E-state index contributed by atoms with van der Waals surface area (Å²) in [7, 11) is 1.79. The zero-order valence-electron chi connectivity index (χ0n) is 16.4. The third-order valence-electron chi connectivity index (χ3n) is 4.71. The third-order valence-corrected chi connectivity index (χ3v) is 5.16. The average molecular weight is 447 g/mol. The first-order valence-corrected chi connectivity index (χ1v) is 9.76. The number of rotatable bonds is 9. The molecular formula is C17H24Cl2N6O4. The van der Waals surface area contributed by atoms with Gasteiger partial charge in [0.25, 0.3) is 5.88 Å². The minimum atomic E-state index is -0.610. The molecule has 0 aliphatic heterocycles. The molecule has 0 amide bonds. The molecule has 0 aromatic carbocycles. The Morgan fingerprint density at radius 1 is 1.55 bits per heavy atom. The van der Waals surface area contributed by atoms with Gasteiger partial charge in [0, 0.05) is 19.5 Å². The number of aromatic nitrogens is 2. The molecule has 2 rings (SSSR count). The summed E-state index contributed by atoms with van der Waals surface area (Å²) in [6, 6.07) is -0.206. The van der Waals surface area contributed by atoms with Gasteiger partial charge in [-0.3, -0.25) is 15.1 Å². The first-order chi connectivity index (χ1) is 13.6. The Morgan fingerprint density at radius 2 is 2.21 bits per heavy atom. The highest BCUT2D eigenvalue weighted by Gasteiger charge is 2.30. The van der Waals surface area contributed by atoms with Gasteiger partial charge in [-0.2, -0.15) is 4.98 Å². The van der Waals surface area contributed by atoms with Gasteiger partial charge in [0.05, 0.1) is 29.9 Å². The highest BCUT2D eigenvalue weighted by atomic mass is 35.5. The van der Waals surface area contributed by atoms with Crippen LogP contribution >= 0.6 is 23.2 Å². The molecule has 1 atom stereocenters. The van der Waals surface area contributed by atoms with Crippen molar-refractivity contribution in [3.05, 3.63) is 38.2 Å². The molecule has 3 N–H and O–H groups in total. The summed E-state index contributed by atoms with van der Waals surface area (Å²) in [6.07, 6.45) is 2.49. The summed E-state index contributed by atoms with van der Waals surface area (Å²) >= 11 is 11.9. The lowest BCUT2D eigenvalue weighted by molar-refractivity contribution is -0.418. The molecule has 29 heavy (non-hydrogen) atoms. The van der Waals surface area contributed by atoms with Crippen LogP contribution in [0.4, 0.5) is 5.82 Å². The van der Waals surface area contributed by atoms with Crippen LogP contribution in [0.2, 0.25) is 10.3 Å². The van der Waals surface area contributed by atoms with Crippen LogP contribution < -0.4 is 10.6 Å². The standard InChI is InChI=1S/C17H24Cl2N6O4/c1-9(24(3)16-13(18)8-21-17(19)23-16)4-5-29-15(20)14(25(27)28)10(2)22-11-6-12(26)7-11/h8-9,11-12,26H,4-7,20H2,1-3H3/t9-,11?,12?/m1/s1. The maximum Gasteiger partial charge on any atom is 0.348 e. The predicted molar refractivity (Wildman–Crippen MR) is 111 cm³/mol. The van der Waals surface area contributed by atoms with E-state index in [0.29, 0.717) is 30.1 Å². The lowest BCUT2D eigenvalue weighted by atomic mass is 9.90. The third kappa shape index (κ3) is 6.15. The van der Waals surface area contributed by atoms with Crippen molar-refractivity contribution in [2.24, 2.45) is 10.7 Å². The molecular weight excluding hydrogens is 423 g/mol. The number of anilines is 1. The second-order valence-corrected chi connectivity index (χ2v) is 7.62. The number of aliphatic imine (C=N–C) groups is 1. The Bertz CT molecular complexity index is 813. The highest BCUT2D eigenvalue weighted by Crippen LogP contribution is 2.25. The second-order valence-electron chi connectivity index (χ2n) is 6.87. The van der Waals surface area contributed by atoms with Crippen molar-refractivity contribution >= 4 is 34.7 Å². The molecule has 1 aliphatic rings.